The van der Waals surface area contributed by atoms with E-state index in [4.69, 9.17) is 11.6 Å². The zero-order chi connectivity index (χ0) is 29.4. The highest BCUT2D eigenvalue weighted by Gasteiger charge is 2.33. The summed E-state index contributed by atoms with van der Waals surface area (Å²) in [6.45, 7) is 7.18. The van der Waals surface area contributed by atoms with Crippen molar-refractivity contribution in [3.8, 4) is 0 Å². The van der Waals surface area contributed by atoms with Gasteiger partial charge in [-0.05, 0) is 67.6 Å². The van der Waals surface area contributed by atoms with Gasteiger partial charge in [-0.25, -0.2) is 8.42 Å². The van der Waals surface area contributed by atoms with Crippen molar-refractivity contribution in [3.05, 3.63) is 100 Å². The Balaban J connectivity index is 2.09. The Kier molecular flexibility index (Phi) is 10.8. The molecule has 7 nitrogen and oxygen atoms in total. The number of rotatable bonds is 12. The van der Waals surface area contributed by atoms with Gasteiger partial charge < -0.3 is 10.2 Å². The Labute approximate surface area is 243 Å². The van der Waals surface area contributed by atoms with Crippen LogP contribution in [0.2, 0.25) is 5.02 Å². The van der Waals surface area contributed by atoms with Crippen LogP contribution >= 0.6 is 11.6 Å². The van der Waals surface area contributed by atoms with E-state index in [1.54, 1.807) is 31.2 Å². The molecule has 0 bridgehead atoms. The quantitative estimate of drug-likeness (QED) is 0.314. The third kappa shape index (κ3) is 8.57. The zero-order valence-corrected chi connectivity index (χ0v) is 25.3. The largest absolute Gasteiger partial charge is 0.352 e. The van der Waals surface area contributed by atoms with Gasteiger partial charge in [-0.15, -0.1) is 0 Å². The molecule has 3 aromatic rings. The van der Waals surface area contributed by atoms with Gasteiger partial charge in [-0.2, -0.15) is 0 Å². The van der Waals surface area contributed by atoms with Crippen LogP contribution in [0.1, 0.15) is 42.5 Å². The summed E-state index contributed by atoms with van der Waals surface area (Å²) in [4.78, 5) is 29.3. The van der Waals surface area contributed by atoms with Crippen LogP contribution in [-0.4, -0.2) is 50.0 Å². The molecule has 0 radical (unpaired) electrons. The molecule has 40 heavy (non-hydrogen) atoms. The maximum atomic E-state index is 14.2. The van der Waals surface area contributed by atoms with Gasteiger partial charge in [0.2, 0.25) is 21.8 Å². The fourth-order valence-corrected chi connectivity index (χ4v) is 5.52. The number of amides is 2. The summed E-state index contributed by atoms with van der Waals surface area (Å²) in [6, 6.07) is 21.0. The van der Waals surface area contributed by atoms with Gasteiger partial charge in [-0.3, -0.25) is 13.9 Å². The number of aryl methyl sites for hydroxylation is 2. The van der Waals surface area contributed by atoms with Gasteiger partial charge in [-0.1, -0.05) is 73.1 Å². The molecular formula is C31H38ClN3O4S. The summed E-state index contributed by atoms with van der Waals surface area (Å²) in [5, 5.41) is 3.53. The van der Waals surface area contributed by atoms with Crippen molar-refractivity contribution in [2.24, 2.45) is 0 Å². The lowest BCUT2D eigenvalue weighted by Crippen LogP contribution is -2.54. The molecule has 0 heterocycles. The molecule has 0 saturated heterocycles. The molecule has 0 fully saturated rings. The molecule has 0 saturated carbocycles. The first-order valence-electron chi connectivity index (χ1n) is 13.3. The predicted molar refractivity (Wildman–Crippen MR) is 162 cm³/mol. The molecule has 1 N–H and O–H groups in total. The molecule has 0 aliphatic rings. The molecule has 3 rings (SSSR count). The van der Waals surface area contributed by atoms with Crippen LogP contribution in [0.25, 0.3) is 0 Å². The number of hydrogen-bond donors (Lipinski definition) is 1. The number of nitrogens with zero attached hydrogens (tertiary/aromatic N) is 2. The van der Waals surface area contributed by atoms with Gasteiger partial charge in [0.15, 0.2) is 0 Å². The fraction of sp³-hybridized carbons (Fsp3) is 0.355. The molecular weight excluding hydrogens is 546 g/mol. The Morgan fingerprint density at radius 3 is 2.25 bits per heavy atom. The normalized spacial score (nSPS) is 12.8. The van der Waals surface area contributed by atoms with E-state index in [0.717, 1.165) is 39.2 Å². The van der Waals surface area contributed by atoms with E-state index in [1.807, 2.05) is 69.3 Å². The summed E-state index contributed by atoms with van der Waals surface area (Å²) in [5.41, 5.74) is 3.63. The molecule has 2 amide bonds. The third-order valence-electron chi connectivity index (χ3n) is 6.83. The molecule has 0 aliphatic heterocycles. The first-order valence-corrected chi connectivity index (χ1v) is 15.5. The zero-order valence-electron chi connectivity index (χ0n) is 23.7. The van der Waals surface area contributed by atoms with Crippen molar-refractivity contribution in [2.45, 2.75) is 59.2 Å². The number of nitrogens with one attached hydrogen (secondary N) is 1. The van der Waals surface area contributed by atoms with Crippen LogP contribution in [0, 0.1) is 13.8 Å². The monoisotopic (exact) mass is 583 g/mol. The minimum Gasteiger partial charge on any atom is -0.352 e. The summed E-state index contributed by atoms with van der Waals surface area (Å²) < 4.78 is 27.1. The van der Waals surface area contributed by atoms with Crippen LogP contribution in [0.4, 0.5) is 5.69 Å². The van der Waals surface area contributed by atoms with E-state index >= 15 is 0 Å². The first-order chi connectivity index (χ1) is 18.9. The maximum absolute atomic E-state index is 14.2. The average Bonchev–Trinajstić information content (AvgIpc) is 2.90. The van der Waals surface area contributed by atoms with Crippen LogP contribution in [-0.2, 0) is 32.6 Å². The summed E-state index contributed by atoms with van der Waals surface area (Å²) >= 11 is 6.25. The molecule has 9 heteroatoms. The number of halogens is 1. The first kappa shape index (κ1) is 31.2. The fourth-order valence-electron chi connectivity index (χ4n) is 4.41. The molecule has 214 valence electrons. The highest BCUT2D eigenvalue weighted by Crippen LogP contribution is 2.25. The number of carbonyl (C=O) groups is 2. The van der Waals surface area contributed by atoms with Crippen molar-refractivity contribution in [2.75, 3.05) is 17.1 Å². The molecule has 0 aromatic heterocycles. The van der Waals surface area contributed by atoms with Gasteiger partial charge in [0.1, 0.15) is 12.6 Å². The van der Waals surface area contributed by atoms with Crippen molar-refractivity contribution in [1.29, 1.82) is 0 Å². The van der Waals surface area contributed by atoms with E-state index in [9.17, 15) is 18.0 Å². The number of hydrogen-bond acceptors (Lipinski definition) is 4. The highest BCUT2D eigenvalue weighted by molar-refractivity contribution is 7.92. The van der Waals surface area contributed by atoms with Crippen LogP contribution in [0.3, 0.4) is 0 Å². The number of carbonyl (C=O) groups excluding carboxylic acids is 2. The Bertz CT molecular complexity index is 1430. The predicted octanol–water partition coefficient (Wildman–Crippen LogP) is 5.28. The lowest BCUT2D eigenvalue weighted by molar-refractivity contribution is -0.140. The van der Waals surface area contributed by atoms with Crippen LogP contribution < -0.4 is 9.62 Å². The third-order valence-corrected chi connectivity index (χ3v) is 8.19. The van der Waals surface area contributed by atoms with Crippen LogP contribution in [0.5, 0.6) is 0 Å². The second-order valence-corrected chi connectivity index (χ2v) is 12.6. The molecule has 0 unspecified atom stereocenters. The molecule has 3 aromatic carbocycles. The van der Waals surface area contributed by atoms with E-state index < -0.39 is 28.5 Å². The average molecular weight is 584 g/mol. The minimum atomic E-state index is -3.83. The number of anilines is 1. The molecule has 0 spiro atoms. The van der Waals surface area contributed by atoms with E-state index in [-0.39, 0.29) is 24.9 Å². The summed E-state index contributed by atoms with van der Waals surface area (Å²) in [6.07, 6.45) is 2.07. The van der Waals surface area contributed by atoms with Crippen molar-refractivity contribution in [1.82, 2.24) is 10.2 Å². The Hall–Kier alpha value is -3.36. The Morgan fingerprint density at radius 1 is 0.950 bits per heavy atom. The second kappa shape index (κ2) is 13.8. The smallest absolute Gasteiger partial charge is 0.244 e. The highest BCUT2D eigenvalue weighted by atomic mass is 35.5. The van der Waals surface area contributed by atoms with E-state index in [1.165, 1.54) is 4.90 Å². The topological polar surface area (TPSA) is 86.8 Å². The van der Waals surface area contributed by atoms with Gasteiger partial charge in [0.05, 0.1) is 11.9 Å². The molecule has 0 aliphatic carbocycles. The molecule has 2 atom stereocenters. The van der Waals surface area contributed by atoms with E-state index in [0.29, 0.717) is 10.7 Å². The summed E-state index contributed by atoms with van der Waals surface area (Å²) in [7, 11) is -3.83. The lowest BCUT2D eigenvalue weighted by atomic mass is 10.0. The minimum absolute atomic E-state index is 0.0786. The SMILES string of the molecule is CC[C@H](C)NC(=O)[C@H](Cc1ccccc1)N(Cc1cccc(Cl)c1)C(=O)CN(c1cc(C)ccc1C)S(C)(=O)=O. The van der Waals surface area contributed by atoms with Gasteiger partial charge in [0, 0.05) is 24.0 Å². The van der Waals surface area contributed by atoms with Crippen molar-refractivity contribution < 1.29 is 18.0 Å². The second-order valence-electron chi connectivity index (χ2n) is 10.2. The van der Waals surface area contributed by atoms with Crippen molar-refractivity contribution >= 4 is 39.1 Å². The number of sulfonamides is 1. The lowest BCUT2D eigenvalue weighted by Gasteiger charge is -2.34. The Morgan fingerprint density at radius 2 is 1.62 bits per heavy atom. The summed E-state index contributed by atoms with van der Waals surface area (Å²) in [5.74, 6) is -0.794. The van der Waals surface area contributed by atoms with Gasteiger partial charge in [0.25, 0.3) is 0 Å². The maximum Gasteiger partial charge on any atom is 0.244 e. The van der Waals surface area contributed by atoms with Gasteiger partial charge >= 0.3 is 0 Å². The number of benzene rings is 3. The van der Waals surface area contributed by atoms with Crippen LogP contribution in [0.15, 0.2) is 72.8 Å². The van der Waals surface area contributed by atoms with Crippen molar-refractivity contribution in [3.63, 3.8) is 0 Å². The standard InChI is InChI=1S/C31H38ClN3O4S/c1-6-24(4)33-31(37)29(19-25-11-8-7-9-12-25)34(20-26-13-10-14-27(32)18-26)30(36)21-35(40(5,38)39)28-17-22(2)15-16-23(28)3/h7-18,24,29H,6,19-21H2,1-5H3,(H,33,37)/t24-,29-/m0/s1. The van der Waals surface area contributed by atoms with E-state index in [2.05, 4.69) is 5.32 Å².